The second-order valence-corrected chi connectivity index (χ2v) is 10.4. The van der Waals surface area contributed by atoms with Crippen LogP contribution in [0.1, 0.15) is 23.7 Å². The molecule has 0 spiro atoms. The molecule has 43 heavy (non-hydrogen) atoms. The number of imidazole rings is 1. The van der Waals surface area contributed by atoms with Gasteiger partial charge in [-0.15, -0.1) is 0 Å². The molecule has 2 atom stereocenters. The van der Waals surface area contributed by atoms with Crippen LogP contribution in [0.25, 0.3) is 28.2 Å². The van der Waals surface area contributed by atoms with E-state index in [1.54, 1.807) is 37.3 Å². The number of likely N-dealkylation sites (N-methyl/N-ethyl adjacent to an activating group) is 2. The number of hydrogen-bond donors (Lipinski definition) is 3. The van der Waals surface area contributed by atoms with Gasteiger partial charge in [-0.3, -0.25) is 14.2 Å². The summed E-state index contributed by atoms with van der Waals surface area (Å²) in [6.45, 7) is 3.98. The quantitative estimate of drug-likeness (QED) is 0.272. The number of hydrogen-bond acceptors (Lipinski definition) is 8. The molecule has 1 amide bonds. The van der Waals surface area contributed by atoms with Gasteiger partial charge in [0.05, 0.1) is 23.1 Å². The molecule has 0 bridgehead atoms. The van der Waals surface area contributed by atoms with Crippen LogP contribution in [-0.4, -0.2) is 63.3 Å². The van der Waals surface area contributed by atoms with Crippen molar-refractivity contribution < 1.29 is 14.6 Å². The van der Waals surface area contributed by atoms with Crippen LogP contribution in [0.4, 0.5) is 11.5 Å². The number of benzene rings is 1. The molecule has 0 saturated carbocycles. The minimum Gasteiger partial charge on any atom is -0.487 e. The van der Waals surface area contributed by atoms with Crippen molar-refractivity contribution in [2.75, 3.05) is 30.9 Å². The fourth-order valence-corrected chi connectivity index (χ4v) is 4.86. The molecule has 3 N–H and O–H groups in total. The second-order valence-electron chi connectivity index (χ2n) is 10.4. The van der Waals surface area contributed by atoms with Gasteiger partial charge in [0.15, 0.2) is 6.23 Å². The first kappa shape index (κ1) is 27.9. The van der Waals surface area contributed by atoms with Crippen molar-refractivity contribution >= 4 is 23.1 Å². The summed E-state index contributed by atoms with van der Waals surface area (Å²) in [5.74, 6) is 7.32. The number of pyridine rings is 3. The van der Waals surface area contributed by atoms with Crippen molar-refractivity contribution in [3.8, 4) is 40.1 Å². The fraction of sp³-hybridized carbons (Fsp3) is 0.212. The van der Waals surface area contributed by atoms with Crippen LogP contribution in [0.15, 0.2) is 73.2 Å². The Labute approximate surface area is 249 Å². The largest absolute Gasteiger partial charge is 0.487 e. The maximum absolute atomic E-state index is 12.7. The van der Waals surface area contributed by atoms with E-state index < -0.39 is 12.3 Å². The summed E-state index contributed by atoms with van der Waals surface area (Å²) in [7, 11) is 3.55. The summed E-state index contributed by atoms with van der Waals surface area (Å²) in [6.07, 6.45) is 4.77. The Hall–Kier alpha value is -5.24. The van der Waals surface area contributed by atoms with Crippen molar-refractivity contribution in [1.29, 1.82) is 0 Å². The standard InChI is InChI=1S/C33H31N7O3/c1-20-13-16-40-29(17-20)38-31(23-11-14-35-15-12-23)32(40)24-7-10-28(37-33(42)21(2)34-3)36-25(24)8-5-22-6-9-26-27(18-22)43-19-30(41)39(26)4/h6-7,9-18,21,30,34,41H,19H2,1-4H3,(H,36,37,42). The number of rotatable bonds is 5. The number of aryl methyl sites for hydroxylation is 1. The molecule has 4 aromatic heterocycles. The van der Waals surface area contributed by atoms with Crippen molar-refractivity contribution in [1.82, 2.24) is 24.7 Å². The van der Waals surface area contributed by atoms with Gasteiger partial charge in [0.2, 0.25) is 5.91 Å². The summed E-state index contributed by atoms with van der Waals surface area (Å²) in [6, 6.07) is 16.8. The molecule has 216 valence electrons. The van der Waals surface area contributed by atoms with Gasteiger partial charge < -0.3 is 25.4 Å². The van der Waals surface area contributed by atoms with E-state index in [1.807, 2.05) is 73.1 Å². The third kappa shape index (κ3) is 5.51. The van der Waals surface area contributed by atoms with Gasteiger partial charge in [-0.05, 0) is 87.0 Å². The first-order valence-corrected chi connectivity index (χ1v) is 13.9. The van der Waals surface area contributed by atoms with Gasteiger partial charge in [-0.2, -0.15) is 0 Å². The van der Waals surface area contributed by atoms with E-state index in [1.165, 1.54) is 0 Å². The molecule has 10 heteroatoms. The van der Waals surface area contributed by atoms with E-state index in [9.17, 15) is 9.90 Å². The lowest BCUT2D eigenvalue weighted by atomic mass is 10.0. The Balaban J connectivity index is 1.51. The highest BCUT2D eigenvalue weighted by atomic mass is 16.5. The van der Waals surface area contributed by atoms with Crippen LogP contribution < -0.4 is 20.3 Å². The first-order valence-electron chi connectivity index (χ1n) is 13.9. The first-order chi connectivity index (χ1) is 20.8. The minimum atomic E-state index is -0.705. The topological polar surface area (TPSA) is 117 Å². The zero-order chi connectivity index (χ0) is 30.1. The lowest BCUT2D eigenvalue weighted by Gasteiger charge is -2.32. The van der Waals surface area contributed by atoms with Crippen LogP contribution in [0.2, 0.25) is 0 Å². The average molecular weight is 574 g/mol. The van der Waals surface area contributed by atoms with Gasteiger partial charge >= 0.3 is 0 Å². The van der Waals surface area contributed by atoms with E-state index in [-0.39, 0.29) is 12.5 Å². The molecule has 1 aliphatic rings. The molecule has 5 aromatic rings. The fourth-order valence-electron chi connectivity index (χ4n) is 4.86. The zero-order valence-electron chi connectivity index (χ0n) is 24.3. The summed E-state index contributed by atoms with van der Waals surface area (Å²) in [4.78, 5) is 28.4. The molecule has 6 rings (SSSR count). The maximum Gasteiger partial charge on any atom is 0.242 e. The van der Waals surface area contributed by atoms with E-state index in [0.717, 1.165) is 45.0 Å². The van der Waals surface area contributed by atoms with Crippen LogP contribution in [-0.2, 0) is 4.79 Å². The summed E-state index contributed by atoms with van der Waals surface area (Å²) >= 11 is 0. The molecule has 5 heterocycles. The number of fused-ring (bicyclic) bond motifs is 2. The molecule has 2 unspecified atom stereocenters. The molecule has 10 nitrogen and oxygen atoms in total. The number of aliphatic hydroxyl groups excluding tert-OH is 1. The Morgan fingerprint density at radius 1 is 1.09 bits per heavy atom. The summed E-state index contributed by atoms with van der Waals surface area (Å²) < 4.78 is 7.78. The van der Waals surface area contributed by atoms with E-state index >= 15 is 0 Å². The molecule has 0 aliphatic carbocycles. The Morgan fingerprint density at radius 3 is 2.70 bits per heavy atom. The number of aliphatic hydroxyl groups is 1. The number of aromatic nitrogens is 4. The van der Waals surface area contributed by atoms with Crippen LogP contribution in [0.5, 0.6) is 5.75 Å². The van der Waals surface area contributed by atoms with Crippen LogP contribution in [0.3, 0.4) is 0 Å². The number of nitrogens with zero attached hydrogens (tertiary/aromatic N) is 5. The number of carbonyl (C=O) groups excluding carboxylic acids is 1. The predicted octanol–water partition coefficient (Wildman–Crippen LogP) is 3.86. The molecule has 0 radical (unpaired) electrons. The van der Waals surface area contributed by atoms with Gasteiger partial charge in [0.1, 0.15) is 29.5 Å². The molecule has 0 saturated heterocycles. The predicted molar refractivity (Wildman–Crippen MR) is 166 cm³/mol. The normalized spacial score (nSPS) is 14.8. The Kier molecular flexibility index (Phi) is 7.50. The maximum atomic E-state index is 12.7. The van der Waals surface area contributed by atoms with Gasteiger partial charge in [-0.1, -0.05) is 5.92 Å². The van der Waals surface area contributed by atoms with Crippen LogP contribution in [0, 0.1) is 18.8 Å². The van der Waals surface area contributed by atoms with Crippen molar-refractivity contribution in [2.45, 2.75) is 26.1 Å². The summed E-state index contributed by atoms with van der Waals surface area (Å²) in [5.41, 5.74) is 7.11. The van der Waals surface area contributed by atoms with E-state index in [0.29, 0.717) is 17.3 Å². The minimum absolute atomic E-state index is 0.171. The van der Waals surface area contributed by atoms with Crippen molar-refractivity contribution in [3.63, 3.8) is 0 Å². The SMILES string of the molecule is CNC(C)C(=O)Nc1ccc(-c2c(-c3ccncc3)nc3cc(C)ccn23)c(C#Cc2ccc3c(c2)OCC(O)N3C)n1. The second kappa shape index (κ2) is 11.6. The van der Waals surface area contributed by atoms with Gasteiger partial charge in [-0.25, -0.2) is 9.97 Å². The molecular weight excluding hydrogens is 542 g/mol. The van der Waals surface area contributed by atoms with E-state index in [4.69, 9.17) is 14.7 Å². The number of carbonyl (C=O) groups is 1. The third-order valence-corrected chi connectivity index (χ3v) is 7.46. The number of ether oxygens (including phenoxy) is 1. The molecule has 1 aromatic carbocycles. The summed E-state index contributed by atoms with van der Waals surface area (Å²) in [5, 5.41) is 16.0. The van der Waals surface area contributed by atoms with E-state index in [2.05, 4.69) is 27.5 Å². The van der Waals surface area contributed by atoms with Gasteiger partial charge in [0, 0.05) is 42.3 Å². The molecule has 0 fully saturated rings. The highest BCUT2D eigenvalue weighted by Crippen LogP contribution is 2.35. The lowest BCUT2D eigenvalue weighted by molar-refractivity contribution is -0.117. The van der Waals surface area contributed by atoms with Crippen molar-refractivity contribution in [2.24, 2.45) is 0 Å². The van der Waals surface area contributed by atoms with Crippen LogP contribution >= 0.6 is 0 Å². The smallest absolute Gasteiger partial charge is 0.242 e. The number of amides is 1. The lowest BCUT2D eigenvalue weighted by Crippen LogP contribution is -2.40. The number of anilines is 2. The van der Waals surface area contributed by atoms with Crippen molar-refractivity contribution in [3.05, 3.63) is 90.0 Å². The van der Waals surface area contributed by atoms with Gasteiger partial charge in [0.25, 0.3) is 0 Å². The Morgan fingerprint density at radius 2 is 1.91 bits per heavy atom. The molecular formula is C33H31N7O3. The highest BCUT2D eigenvalue weighted by molar-refractivity contribution is 5.94. The monoisotopic (exact) mass is 573 g/mol. The third-order valence-electron chi connectivity index (χ3n) is 7.46. The number of nitrogens with one attached hydrogen (secondary N) is 2. The molecule has 1 aliphatic heterocycles. The zero-order valence-corrected chi connectivity index (χ0v) is 24.3. The average Bonchev–Trinajstić information content (AvgIpc) is 3.40. The highest BCUT2D eigenvalue weighted by Gasteiger charge is 2.23. The Bertz CT molecular complexity index is 1890.